The molecule has 0 radical (unpaired) electrons. The molecule has 0 bridgehead atoms. The molecule has 3 rings (SSSR count). The third-order valence-electron chi connectivity index (χ3n) is 4.26. The predicted molar refractivity (Wildman–Crippen MR) is 107 cm³/mol. The van der Waals surface area contributed by atoms with Crippen molar-refractivity contribution in [3.63, 3.8) is 0 Å². The van der Waals surface area contributed by atoms with E-state index in [4.69, 9.17) is 9.47 Å². The van der Waals surface area contributed by atoms with E-state index in [0.717, 1.165) is 15.8 Å². The highest BCUT2D eigenvalue weighted by molar-refractivity contribution is 5.92. The molecule has 0 aliphatic carbocycles. The van der Waals surface area contributed by atoms with Gasteiger partial charge in [-0.25, -0.2) is 4.68 Å². The summed E-state index contributed by atoms with van der Waals surface area (Å²) < 4.78 is 11.6. The van der Waals surface area contributed by atoms with E-state index in [2.05, 4.69) is 10.4 Å². The van der Waals surface area contributed by atoms with Gasteiger partial charge in [-0.1, -0.05) is 24.3 Å². The standard InChI is InChI=1S/C21H21N3O4/c1-14-6-4-5-7-16(14)17-9-11-21(26)24(23-17)13-20(25)22-18-12-15(27-2)8-10-19(18)28-3/h4-12H,13H2,1-3H3,(H,22,25). The summed E-state index contributed by atoms with van der Waals surface area (Å²) in [6.45, 7) is 1.74. The minimum Gasteiger partial charge on any atom is -0.497 e. The molecule has 144 valence electrons. The number of hydrogen-bond acceptors (Lipinski definition) is 5. The maximum Gasteiger partial charge on any atom is 0.267 e. The third kappa shape index (κ3) is 4.20. The van der Waals surface area contributed by atoms with Crippen molar-refractivity contribution in [2.45, 2.75) is 13.5 Å². The van der Waals surface area contributed by atoms with Crippen molar-refractivity contribution in [2.24, 2.45) is 0 Å². The molecule has 0 saturated carbocycles. The molecule has 0 saturated heterocycles. The average molecular weight is 379 g/mol. The summed E-state index contributed by atoms with van der Waals surface area (Å²) in [5.74, 6) is 0.666. The number of ether oxygens (including phenoxy) is 2. The quantitative estimate of drug-likeness (QED) is 0.712. The number of rotatable bonds is 6. The Labute approximate surface area is 162 Å². The molecule has 0 fully saturated rings. The lowest BCUT2D eigenvalue weighted by molar-refractivity contribution is -0.117. The molecule has 28 heavy (non-hydrogen) atoms. The van der Waals surface area contributed by atoms with Crippen molar-refractivity contribution in [3.05, 3.63) is 70.5 Å². The van der Waals surface area contributed by atoms with Crippen LogP contribution >= 0.6 is 0 Å². The maximum atomic E-state index is 12.5. The Balaban J connectivity index is 1.84. The van der Waals surface area contributed by atoms with Crippen molar-refractivity contribution in [1.29, 1.82) is 0 Å². The van der Waals surface area contributed by atoms with E-state index >= 15 is 0 Å². The van der Waals surface area contributed by atoms with E-state index in [1.54, 1.807) is 24.3 Å². The van der Waals surface area contributed by atoms with E-state index < -0.39 is 5.91 Å². The first-order valence-electron chi connectivity index (χ1n) is 8.68. The Morgan fingerprint density at radius 2 is 1.86 bits per heavy atom. The number of aromatic nitrogens is 2. The van der Waals surface area contributed by atoms with Gasteiger partial charge in [-0.2, -0.15) is 5.10 Å². The zero-order valence-electron chi connectivity index (χ0n) is 15.9. The van der Waals surface area contributed by atoms with Crippen LogP contribution in [0.15, 0.2) is 59.4 Å². The van der Waals surface area contributed by atoms with Crippen LogP contribution in [-0.2, 0) is 11.3 Å². The number of hydrogen-bond donors (Lipinski definition) is 1. The molecule has 0 unspecified atom stereocenters. The van der Waals surface area contributed by atoms with Crippen molar-refractivity contribution in [2.75, 3.05) is 19.5 Å². The van der Waals surface area contributed by atoms with Gasteiger partial charge < -0.3 is 14.8 Å². The maximum absolute atomic E-state index is 12.5. The number of carbonyl (C=O) groups excluding carboxylic acids is 1. The fraction of sp³-hybridized carbons (Fsp3) is 0.190. The summed E-state index contributed by atoms with van der Waals surface area (Å²) in [6, 6.07) is 15.9. The van der Waals surface area contributed by atoms with Crippen LogP contribution in [0.1, 0.15) is 5.56 Å². The van der Waals surface area contributed by atoms with E-state index in [0.29, 0.717) is 22.9 Å². The number of benzene rings is 2. The lowest BCUT2D eigenvalue weighted by Crippen LogP contribution is -2.29. The van der Waals surface area contributed by atoms with E-state index in [1.807, 2.05) is 31.2 Å². The summed E-state index contributed by atoms with van der Waals surface area (Å²) >= 11 is 0. The molecule has 0 spiro atoms. The normalized spacial score (nSPS) is 10.4. The second-order valence-corrected chi connectivity index (χ2v) is 6.14. The number of carbonyl (C=O) groups is 1. The molecule has 0 atom stereocenters. The van der Waals surface area contributed by atoms with Gasteiger partial charge in [0.25, 0.3) is 5.56 Å². The first kappa shape index (κ1) is 19.2. The van der Waals surface area contributed by atoms with E-state index in [-0.39, 0.29) is 12.1 Å². The Bertz CT molecular complexity index is 1060. The van der Waals surface area contributed by atoms with Crippen molar-refractivity contribution in [1.82, 2.24) is 9.78 Å². The van der Waals surface area contributed by atoms with Crippen LogP contribution in [0.25, 0.3) is 11.3 Å². The molecule has 7 heteroatoms. The topological polar surface area (TPSA) is 82.4 Å². The molecule has 0 aliphatic rings. The van der Waals surface area contributed by atoms with Crippen molar-refractivity contribution in [3.8, 4) is 22.8 Å². The minimum absolute atomic E-state index is 0.223. The van der Waals surface area contributed by atoms with Gasteiger partial charge in [0, 0.05) is 17.7 Å². The molecule has 3 aromatic rings. The minimum atomic E-state index is -0.400. The molecule has 7 nitrogen and oxygen atoms in total. The largest absolute Gasteiger partial charge is 0.497 e. The van der Waals surface area contributed by atoms with E-state index in [1.165, 1.54) is 20.3 Å². The van der Waals surface area contributed by atoms with Crippen LogP contribution < -0.4 is 20.3 Å². The van der Waals surface area contributed by atoms with Crippen LogP contribution in [0.3, 0.4) is 0 Å². The fourth-order valence-electron chi connectivity index (χ4n) is 2.80. The molecule has 1 heterocycles. The Morgan fingerprint density at radius 1 is 1.07 bits per heavy atom. The molecule has 1 N–H and O–H groups in total. The number of aryl methyl sites for hydroxylation is 1. The van der Waals surface area contributed by atoms with Gasteiger partial charge in [0.1, 0.15) is 18.0 Å². The molecule has 2 aromatic carbocycles. The van der Waals surface area contributed by atoms with Gasteiger partial charge in [0.05, 0.1) is 25.6 Å². The predicted octanol–water partition coefficient (Wildman–Crippen LogP) is 2.87. The highest BCUT2D eigenvalue weighted by Crippen LogP contribution is 2.28. The molecular weight excluding hydrogens is 358 g/mol. The van der Waals surface area contributed by atoms with Crippen LogP contribution in [-0.4, -0.2) is 29.9 Å². The molecule has 1 amide bonds. The first-order valence-corrected chi connectivity index (χ1v) is 8.68. The summed E-state index contributed by atoms with van der Waals surface area (Å²) in [6.07, 6.45) is 0. The zero-order valence-corrected chi connectivity index (χ0v) is 15.9. The lowest BCUT2D eigenvalue weighted by Gasteiger charge is -2.12. The Kier molecular flexibility index (Phi) is 5.74. The van der Waals surface area contributed by atoms with Gasteiger partial charge >= 0.3 is 0 Å². The Morgan fingerprint density at radius 3 is 2.57 bits per heavy atom. The lowest BCUT2D eigenvalue weighted by atomic mass is 10.1. The van der Waals surface area contributed by atoms with Crippen LogP contribution in [0.5, 0.6) is 11.5 Å². The fourth-order valence-corrected chi connectivity index (χ4v) is 2.80. The van der Waals surface area contributed by atoms with Gasteiger partial charge in [-0.3, -0.25) is 9.59 Å². The SMILES string of the molecule is COc1ccc(OC)c(NC(=O)Cn2nc(-c3ccccc3C)ccc2=O)c1. The van der Waals surface area contributed by atoms with Gasteiger partial charge in [0.2, 0.25) is 5.91 Å². The molecule has 1 aromatic heterocycles. The number of nitrogens with one attached hydrogen (secondary N) is 1. The van der Waals surface area contributed by atoms with Crippen molar-refractivity contribution < 1.29 is 14.3 Å². The van der Waals surface area contributed by atoms with Crippen LogP contribution in [0.2, 0.25) is 0 Å². The summed E-state index contributed by atoms with van der Waals surface area (Å²) in [7, 11) is 3.04. The van der Waals surface area contributed by atoms with Gasteiger partial charge in [-0.05, 0) is 30.7 Å². The second-order valence-electron chi connectivity index (χ2n) is 6.14. The number of anilines is 1. The third-order valence-corrected chi connectivity index (χ3v) is 4.26. The van der Waals surface area contributed by atoms with Crippen LogP contribution in [0, 0.1) is 6.92 Å². The monoisotopic (exact) mass is 379 g/mol. The highest BCUT2D eigenvalue weighted by atomic mass is 16.5. The summed E-state index contributed by atoms with van der Waals surface area (Å²) in [5, 5.41) is 7.09. The van der Waals surface area contributed by atoms with Crippen molar-refractivity contribution >= 4 is 11.6 Å². The Hall–Kier alpha value is -3.61. The zero-order chi connectivity index (χ0) is 20.1. The van der Waals surface area contributed by atoms with E-state index in [9.17, 15) is 9.59 Å². The number of methoxy groups -OCH3 is 2. The average Bonchev–Trinajstić information content (AvgIpc) is 2.70. The smallest absolute Gasteiger partial charge is 0.267 e. The second kappa shape index (κ2) is 8.39. The number of amides is 1. The van der Waals surface area contributed by atoms with Gasteiger partial charge in [-0.15, -0.1) is 0 Å². The van der Waals surface area contributed by atoms with Crippen LogP contribution in [0.4, 0.5) is 5.69 Å². The van der Waals surface area contributed by atoms with Gasteiger partial charge in [0.15, 0.2) is 0 Å². The first-order chi connectivity index (χ1) is 13.5. The summed E-state index contributed by atoms with van der Waals surface area (Å²) in [4.78, 5) is 24.7. The molecular formula is C21H21N3O4. The summed E-state index contributed by atoms with van der Waals surface area (Å²) in [5.41, 5.74) is 2.67. The highest BCUT2D eigenvalue weighted by Gasteiger charge is 2.12. The number of nitrogens with zero attached hydrogens (tertiary/aromatic N) is 2. The molecule has 0 aliphatic heterocycles.